The molecule has 2 aliphatic rings. The Morgan fingerprint density at radius 1 is 0.742 bits per heavy atom. The lowest BCUT2D eigenvalue weighted by Gasteiger charge is -2.46. The second-order valence-electron chi connectivity index (χ2n) is 17.5. The first-order chi connectivity index (χ1) is 29.5. The van der Waals surface area contributed by atoms with Crippen molar-refractivity contribution in [2.24, 2.45) is 5.41 Å². The monoisotopic (exact) mass is 852 g/mol. The average molecular weight is 853 g/mol. The summed E-state index contributed by atoms with van der Waals surface area (Å²) >= 11 is 0. The van der Waals surface area contributed by atoms with Gasteiger partial charge in [0.2, 0.25) is 0 Å². The number of benzene rings is 2. The maximum absolute atomic E-state index is 15.0. The molecule has 2 unspecified atom stereocenters. The van der Waals surface area contributed by atoms with Crippen LogP contribution in [-0.2, 0) is 0 Å². The van der Waals surface area contributed by atoms with Crippen molar-refractivity contribution in [2.75, 3.05) is 39.9 Å². The average Bonchev–Trinajstić information content (AvgIpc) is 3.76. The Morgan fingerprint density at radius 2 is 1.23 bits per heavy atom. The Kier molecular flexibility index (Phi) is 12.8. The first-order valence-electron chi connectivity index (χ1n) is 21.5. The number of hydrogen-bond donors (Lipinski definition) is 1. The molecule has 2 aromatic carbocycles. The Labute approximate surface area is 361 Å². The summed E-state index contributed by atoms with van der Waals surface area (Å²) in [7, 11) is 2.14. The van der Waals surface area contributed by atoms with E-state index in [0.29, 0.717) is 65.5 Å². The Bertz CT molecular complexity index is 2600. The van der Waals surface area contributed by atoms with E-state index in [1.807, 2.05) is 62.3 Å². The van der Waals surface area contributed by atoms with Gasteiger partial charge in [-0.05, 0) is 117 Å². The van der Waals surface area contributed by atoms with Crippen LogP contribution < -0.4 is 9.47 Å². The van der Waals surface area contributed by atoms with Gasteiger partial charge in [-0.2, -0.15) is 30.6 Å². The molecule has 0 radical (unpaired) electrons. The minimum absolute atomic E-state index is 0.173. The summed E-state index contributed by atoms with van der Waals surface area (Å²) in [5.74, 6) is 0.339. The van der Waals surface area contributed by atoms with Gasteiger partial charge in [0.05, 0.1) is 47.4 Å². The van der Waals surface area contributed by atoms with Crippen LogP contribution >= 0.6 is 0 Å². The number of amides is 1. The lowest BCUT2D eigenvalue weighted by molar-refractivity contribution is 0.0448. The van der Waals surface area contributed by atoms with E-state index >= 15 is 4.39 Å². The van der Waals surface area contributed by atoms with Crippen LogP contribution in [0.4, 0.5) is 13.6 Å². The van der Waals surface area contributed by atoms with Crippen molar-refractivity contribution < 1.29 is 28.2 Å². The minimum atomic E-state index is -0.931. The third-order valence-corrected chi connectivity index (χ3v) is 12.2. The molecule has 1 amide bonds. The van der Waals surface area contributed by atoms with Gasteiger partial charge < -0.3 is 24.4 Å². The summed E-state index contributed by atoms with van der Waals surface area (Å²) in [5, 5.41) is 39.1. The van der Waals surface area contributed by atoms with Crippen molar-refractivity contribution in [2.45, 2.75) is 106 Å². The fourth-order valence-corrected chi connectivity index (χ4v) is 9.36. The molecule has 6 aromatic rings. The molecule has 0 bridgehead atoms. The molecule has 62 heavy (non-hydrogen) atoms. The molecule has 14 nitrogen and oxygen atoms in total. The highest BCUT2D eigenvalue weighted by Crippen LogP contribution is 2.43. The highest BCUT2D eigenvalue weighted by molar-refractivity contribution is 5.87. The van der Waals surface area contributed by atoms with Crippen molar-refractivity contribution in [1.29, 1.82) is 0 Å². The quantitative estimate of drug-likeness (QED) is 0.156. The van der Waals surface area contributed by atoms with Gasteiger partial charge in [-0.25, -0.2) is 22.9 Å². The number of ether oxygens (including phenoxy) is 2. The van der Waals surface area contributed by atoms with E-state index in [4.69, 9.17) is 19.7 Å². The van der Waals surface area contributed by atoms with E-state index in [0.717, 1.165) is 77.8 Å². The van der Waals surface area contributed by atoms with Gasteiger partial charge in [0, 0.05) is 47.3 Å². The van der Waals surface area contributed by atoms with E-state index in [1.165, 1.54) is 17.0 Å². The molecule has 0 saturated carbocycles. The van der Waals surface area contributed by atoms with E-state index in [-0.39, 0.29) is 23.2 Å². The Hall–Kier alpha value is -5.77. The first-order valence-corrected chi connectivity index (χ1v) is 21.5. The second kappa shape index (κ2) is 17.9. The van der Waals surface area contributed by atoms with Gasteiger partial charge in [-0.1, -0.05) is 20.8 Å². The fraction of sp³-hybridized carbons (Fsp3) is 0.500. The van der Waals surface area contributed by atoms with Crippen molar-refractivity contribution in [3.05, 3.63) is 82.2 Å². The maximum atomic E-state index is 15.0. The van der Waals surface area contributed by atoms with Crippen molar-refractivity contribution in [3.8, 4) is 22.9 Å². The number of hydrogen-bond acceptors (Lipinski definition) is 10. The number of aromatic nitrogens is 8. The molecule has 2 aliphatic heterocycles. The molecule has 2 atom stereocenters. The summed E-state index contributed by atoms with van der Waals surface area (Å²) in [6.07, 6.45) is 2.65. The predicted molar refractivity (Wildman–Crippen MR) is 234 cm³/mol. The lowest BCUT2D eigenvalue weighted by Crippen LogP contribution is -2.53. The largest absolute Gasteiger partial charge is 0.494 e. The van der Waals surface area contributed by atoms with E-state index < -0.39 is 11.9 Å². The first kappa shape index (κ1) is 44.3. The zero-order valence-electron chi connectivity index (χ0n) is 37.5. The third kappa shape index (κ3) is 8.53. The number of fused-ring (bicyclic) bond motifs is 2. The highest BCUT2D eigenvalue weighted by atomic mass is 19.1. The number of nitrogens with zero attached hydrogens (tertiary/aromatic N) is 10. The molecule has 4 aromatic heterocycles. The highest BCUT2D eigenvalue weighted by Gasteiger charge is 2.44. The van der Waals surface area contributed by atoms with Crippen molar-refractivity contribution in [3.63, 3.8) is 0 Å². The van der Waals surface area contributed by atoms with Gasteiger partial charge in [0.15, 0.2) is 11.6 Å². The van der Waals surface area contributed by atoms with E-state index in [9.17, 15) is 14.3 Å². The minimum Gasteiger partial charge on any atom is -0.494 e. The van der Waals surface area contributed by atoms with Gasteiger partial charge >= 0.3 is 6.09 Å². The molecule has 0 spiro atoms. The molecule has 16 heteroatoms. The molecule has 0 aliphatic carbocycles. The zero-order valence-corrected chi connectivity index (χ0v) is 37.5. The van der Waals surface area contributed by atoms with Crippen LogP contribution in [-0.4, -0.2) is 107 Å². The summed E-state index contributed by atoms with van der Waals surface area (Å²) < 4.78 is 43.9. The van der Waals surface area contributed by atoms with E-state index in [1.54, 1.807) is 33.6 Å². The van der Waals surface area contributed by atoms with Crippen LogP contribution in [0.3, 0.4) is 0 Å². The summed E-state index contributed by atoms with van der Waals surface area (Å²) in [5.41, 5.74) is 6.63. The number of carboxylic acid groups (broad SMARTS) is 1. The second-order valence-corrected chi connectivity index (χ2v) is 17.5. The number of piperidine rings is 2. The molecular formula is C46H58F2N10O4. The third-order valence-electron chi connectivity index (χ3n) is 12.2. The van der Waals surface area contributed by atoms with Crippen LogP contribution in [0.25, 0.3) is 33.2 Å². The topological polar surface area (TPSA) is 149 Å². The summed E-state index contributed by atoms with van der Waals surface area (Å²) in [6.45, 7) is 21.0. The molecule has 2 fully saturated rings. The van der Waals surface area contributed by atoms with Crippen LogP contribution in [0, 0.1) is 44.7 Å². The molecule has 330 valence electrons. The number of aryl methyl sites for hydroxylation is 4. The van der Waals surface area contributed by atoms with Crippen molar-refractivity contribution >= 4 is 27.9 Å². The van der Waals surface area contributed by atoms with Crippen LogP contribution in [0.2, 0.25) is 0 Å². The van der Waals surface area contributed by atoms with Crippen molar-refractivity contribution in [1.82, 2.24) is 49.8 Å². The summed E-state index contributed by atoms with van der Waals surface area (Å²) in [6, 6.07) is 9.34. The predicted octanol–water partition coefficient (Wildman–Crippen LogP) is 9.02. The normalized spacial score (nSPS) is 17.6. The molecule has 8 rings (SSSR count). The molecule has 6 heterocycles. The Balaban J connectivity index is 0.000000190. The van der Waals surface area contributed by atoms with Crippen LogP contribution in [0.1, 0.15) is 106 Å². The number of carbonyl (C=O) groups is 1. The Morgan fingerprint density at radius 3 is 1.68 bits per heavy atom. The SMILES string of the molecule is CCOc1ccc(-n2nc3c(C4CCCN(C(=O)O)C4C(C)(C)C)nnc(C)c3c2C)c(F)c1.CCOc1ccc(-n2nc3c(C4CCN(C)CC4)nnc(C)c3c2C)c(F)c1. The molecule has 2 saturated heterocycles. The standard InChI is InChI=1S/C25H32FN5O3.C21H26FN5O/c1-7-34-16-10-11-19(18(26)13-16)31-15(3)20-14(2)27-28-21(22(20)29-31)17-9-8-12-30(24(32)33)23(17)25(4,5)6;1-5-28-16-6-7-18(17(22)12-16)27-14(3)19-13(2)23-24-20(21(19)25-27)15-8-10-26(4)11-9-15/h10-11,13,17,23H,7-9,12H2,1-6H3,(H,32,33);6-7,12,15H,5,8-11H2,1-4H3. The van der Waals surface area contributed by atoms with Crippen LogP contribution in [0.5, 0.6) is 11.5 Å². The van der Waals surface area contributed by atoms with Gasteiger partial charge in [0.25, 0.3) is 0 Å². The van der Waals surface area contributed by atoms with Gasteiger partial charge in [-0.3, -0.25) is 0 Å². The van der Waals surface area contributed by atoms with Gasteiger partial charge in [0.1, 0.15) is 33.9 Å². The smallest absolute Gasteiger partial charge is 0.407 e. The molecular weight excluding hydrogens is 795 g/mol. The van der Waals surface area contributed by atoms with E-state index in [2.05, 4.69) is 32.3 Å². The van der Waals surface area contributed by atoms with Gasteiger partial charge in [-0.15, -0.1) is 0 Å². The van der Waals surface area contributed by atoms with Crippen LogP contribution in [0.15, 0.2) is 36.4 Å². The number of likely N-dealkylation sites (tertiary alicyclic amines) is 2. The fourth-order valence-electron chi connectivity index (χ4n) is 9.36. The maximum Gasteiger partial charge on any atom is 0.407 e. The lowest BCUT2D eigenvalue weighted by atomic mass is 9.72. The number of halogens is 2. The number of rotatable bonds is 8. The molecule has 1 N–H and O–H groups in total. The zero-order chi connectivity index (χ0) is 44.6. The summed E-state index contributed by atoms with van der Waals surface area (Å²) in [4.78, 5) is 15.9.